The molecule has 0 aliphatic carbocycles. The predicted octanol–water partition coefficient (Wildman–Crippen LogP) is 2.96. The molecule has 1 aromatic rings. The Balaban J connectivity index is 2.62. The summed E-state index contributed by atoms with van der Waals surface area (Å²) in [5, 5.41) is 2.83. The van der Waals surface area contributed by atoms with E-state index in [1.807, 2.05) is 6.92 Å². The van der Waals surface area contributed by atoms with Gasteiger partial charge in [0.1, 0.15) is 5.82 Å². The summed E-state index contributed by atoms with van der Waals surface area (Å²) in [6.07, 6.45) is 1.94. The lowest BCUT2D eigenvalue weighted by molar-refractivity contribution is 0.0937. The first-order valence-electron chi connectivity index (χ1n) is 6.26. The molecule has 0 aromatic heterocycles. The molecule has 0 heterocycles. The zero-order valence-corrected chi connectivity index (χ0v) is 11.2. The molecule has 18 heavy (non-hydrogen) atoms. The lowest BCUT2D eigenvalue weighted by Gasteiger charge is -2.15. The maximum atomic E-state index is 13.1. The van der Waals surface area contributed by atoms with Gasteiger partial charge in [0.15, 0.2) is 0 Å². The first-order chi connectivity index (χ1) is 8.40. The Hall–Kier alpha value is -1.58. The van der Waals surface area contributed by atoms with Gasteiger partial charge in [0, 0.05) is 11.7 Å². The largest absolute Gasteiger partial charge is 0.398 e. The number of rotatable bonds is 5. The van der Waals surface area contributed by atoms with Gasteiger partial charge in [-0.25, -0.2) is 4.39 Å². The second kappa shape index (κ2) is 6.38. The zero-order chi connectivity index (χ0) is 13.7. The Morgan fingerprint density at radius 2 is 2.00 bits per heavy atom. The van der Waals surface area contributed by atoms with Gasteiger partial charge in [-0.05, 0) is 43.9 Å². The number of hydrogen-bond acceptors (Lipinski definition) is 2. The third-order valence-corrected chi connectivity index (χ3v) is 2.81. The van der Waals surface area contributed by atoms with Crippen LogP contribution in [0.5, 0.6) is 0 Å². The maximum Gasteiger partial charge on any atom is 0.253 e. The topological polar surface area (TPSA) is 55.1 Å². The number of carbonyl (C=O) groups excluding carboxylic acids is 1. The van der Waals surface area contributed by atoms with Crippen LogP contribution >= 0.6 is 0 Å². The summed E-state index contributed by atoms with van der Waals surface area (Å²) < 4.78 is 13.1. The first kappa shape index (κ1) is 14.5. The first-order valence-corrected chi connectivity index (χ1v) is 6.26. The monoisotopic (exact) mass is 252 g/mol. The van der Waals surface area contributed by atoms with E-state index >= 15 is 0 Å². The van der Waals surface area contributed by atoms with E-state index in [2.05, 4.69) is 19.2 Å². The minimum Gasteiger partial charge on any atom is -0.398 e. The van der Waals surface area contributed by atoms with Gasteiger partial charge in [-0.2, -0.15) is 0 Å². The van der Waals surface area contributed by atoms with E-state index in [0.717, 1.165) is 12.8 Å². The molecule has 0 spiro atoms. The zero-order valence-electron chi connectivity index (χ0n) is 11.2. The van der Waals surface area contributed by atoms with E-state index in [4.69, 9.17) is 5.73 Å². The Morgan fingerprint density at radius 3 is 2.61 bits per heavy atom. The van der Waals surface area contributed by atoms with Crippen LogP contribution in [0.3, 0.4) is 0 Å². The number of benzene rings is 1. The molecule has 0 fully saturated rings. The molecule has 3 N–H and O–H groups in total. The van der Waals surface area contributed by atoms with Crippen LogP contribution in [-0.2, 0) is 0 Å². The number of carbonyl (C=O) groups is 1. The van der Waals surface area contributed by atoms with E-state index in [9.17, 15) is 9.18 Å². The van der Waals surface area contributed by atoms with Crippen LogP contribution in [0, 0.1) is 11.7 Å². The van der Waals surface area contributed by atoms with Crippen LogP contribution in [-0.4, -0.2) is 11.9 Å². The highest BCUT2D eigenvalue weighted by atomic mass is 19.1. The molecule has 4 heteroatoms. The summed E-state index contributed by atoms with van der Waals surface area (Å²) in [6, 6.07) is 3.87. The van der Waals surface area contributed by atoms with Crippen molar-refractivity contribution in [2.75, 3.05) is 5.73 Å². The number of halogens is 1. The van der Waals surface area contributed by atoms with E-state index in [-0.39, 0.29) is 17.5 Å². The van der Waals surface area contributed by atoms with Gasteiger partial charge in [0.05, 0.1) is 5.56 Å². The molecule has 1 rings (SSSR count). The predicted molar refractivity (Wildman–Crippen MR) is 71.8 cm³/mol. The number of nitrogens with one attached hydrogen (secondary N) is 1. The molecule has 0 radical (unpaired) electrons. The molecular formula is C14H21FN2O. The second-order valence-electron chi connectivity index (χ2n) is 5.08. The van der Waals surface area contributed by atoms with E-state index in [1.165, 1.54) is 18.2 Å². The van der Waals surface area contributed by atoms with Crippen molar-refractivity contribution in [1.29, 1.82) is 0 Å². The van der Waals surface area contributed by atoms with Crippen LogP contribution in [0.2, 0.25) is 0 Å². The van der Waals surface area contributed by atoms with Crippen molar-refractivity contribution in [2.45, 2.75) is 39.7 Å². The summed E-state index contributed by atoms with van der Waals surface area (Å²) >= 11 is 0. The standard InChI is InChI=1S/C14H21FN2O/c1-9(2)4-5-10(3)17-14(18)12-8-11(15)6-7-13(12)16/h6-10H,4-5,16H2,1-3H3,(H,17,18). The molecule has 0 bridgehead atoms. The average Bonchev–Trinajstić information content (AvgIpc) is 2.29. The van der Waals surface area contributed by atoms with Crippen molar-refractivity contribution in [3.63, 3.8) is 0 Å². The summed E-state index contributed by atoms with van der Waals surface area (Å²) in [6.45, 7) is 6.22. The van der Waals surface area contributed by atoms with Crippen molar-refractivity contribution in [1.82, 2.24) is 5.32 Å². The quantitative estimate of drug-likeness (QED) is 0.792. The van der Waals surface area contributed by atoms with Gasteiger partial charge in [-0.1, -0.05) is 13.8 Å². The normalized spacial score (nSPS) is 12.5. The molecule has 0 saturated heterocycles. The molecule has 0 saturated carbocycles. The summed E-state index contributed by atoms with van der Waals surface area (Å²) in [5.41, 5.74) is 6.16. The van der Waals surface area contributed by atoms with Crippen LogP contribution in [0.4, 0.5) is 10.1 Å². The third kappa shape index (κ3) is 4.35. The summed E-state index contributed by atoms with van der Waals surface area (Å²) in [5.74, 6) is -0.170. The Labute approximate surface area is 108 Å². The summed E-state index contributed by atoms with van der Waals surface area (Å²) in [4.78, 5) is 11.9. The Morgan fingerprint density at radius 1 is 1.33 bits per heavy atom. The lowest BCUT2D eigenvalue weighted by Crippen LogP contribution is -2.33. The fourth-order valence-corrected chi connectivity index (χ4v) is 1.68. The van der Waals surface area contributed by atoms with Crippen molar-refractivity contribution in [3.05, 3.63) is 29.6 Å². The Bertz CT molecular complexity index is 418. The molecule has 1 unspecified atom stereocenters. The van der Waals surface area contributed by atoms with Crippen LogP contribution in [0.1, 0.15) is 44.0 Å². The molecule has 0 aliphatic heterocycles. The van der Waals surface area contributed by atoms with E-state index < -0.39 is 5.82 Å². The molecule has 1 aromatic carbocycles. The second-order valence-corrected chi connectivity index (χ2v) is 5.08. The maximum absolute atomic E-state index is 13.1. The van der Waals surface area contributed by atoms with Crippen LogP contribution in [0.25, 0.3) is 0 Å². The highest BCUT2D eigenvalue weighted by Crippen LogP contribution is 2.14. The number of hydrogen-bond donors (Lipinski definition) is 2. The minimum absolute atomic E-state index is 0.0579. The van der Waals surface area contributed by atoms with Gasteiger partial charge in [0.2, 0.25) is 0 Å². The van der Waals surface area contributed by atoms with Gasteiger partial charge in [0.25, 0.3) is 5.91 Å². The number of nitrogen functional groups attached to an aromatic ring is 1. The fraction of sp³-hybridized carbons (Fsp3) is 0.500. The molecular weight excluding hydrogens is 231 g/mol. The van der Waals surface area contributed by atoms with Gasteiger partial charge < -0.3 is 11.1 Å². The molecule has 3 nitrogen and oxygen atoms in total. The van der Waals surface area contributed by atoms with Crippen molar-refractivity contribution in [3.8, 4) is 0 Å². The average molecular weight is 252 g/mol. The number of nitrogens with two attached hydrogens (primary N) is 1. The number of anilines is 1. The lowest BCUT2D eigenvalue weighted by atomic mass is 10.0. The fourth-order valence-electron chi connectivity index (χ4n) is 1.68. The van der Waals surface area contributed by atoms with Crippen LogP contribution in [0.15, 0.2) is 18.2 Å². The van der Waals surface area contributed by atoms with Crippen LogP contribution < -0.4 is 11.1 Å². The highest BCUT2D eigenvalue weighted by Gasteiger charge is 2.13. The minimum atomic E-state index is -0.454. The molecule has 0 aliphatic rings. The van der Waals surface area contributed by atoms with Crippen molar-refractivity contribution in [2.24, 2.45) is 5.92 Å². The smallest absolute Gasteiger partial charge is 0.253 e. The van der Waals surface area contributed by atoms with Gasteiger partial charge in [-0.15, -0.1) is 0 Å². The third-order valence-electron chi connectivity index (χ3n) is 2.81. The van der Waals surface area contributed by atoms with Crippen molar-refractivity contribution < 1.29 is 9.18 Å². The van der Waals surface area contributed by atoms with Gasteiger partial charge in [-0.3, -0.25) is 4.79 Å². The SMILES string of the molecule is CC(C)CCC(C)NC(=O)c1cc(F)ccc1N. The summed E-state index contributed by atoms with van der Waals surface area (Å²) in [7, 11) is 0. The van der Waals surface area contributed by atoms with E-state index in [0.29, 0.717) is 11.6 Å². The molecule has 1 atom stereocenters. The van der Waals surface area contributed by atoms with Crippen molar-refractivity contribution >= 4 is 11.6 Å². The number of amides is 1. The van der Waals surface area contributed by atoms with E-state index in [1.54, 1.807) is 0 Å². The molecule has 1 amide bonds. The van der Waals surface area contributed by atoms with Gasteiger partial charge >= 0.3 is 0 Å². The Kier molecular flexibility index (Phi) is 5.13. The highest BCUT2D eigenvalue weighted by molar-refractivity contribution is 5.99. The molecule has 100 valence electrons.